The van der Waals surface area contributed by atoms with E-state index in [1.165, 1.54) is 11.8 Å². The van der Waals surface area contributed by atoms with Crippen molar-refractivity contribution in [1.82, 2.24) is 9.97 Å². The summed E-state index contributed by atoms with van der Waals surface area (Å²) in [4.78, 5) is 21.2. The van der Waals surface area contributed by atoms with Crippen molar-refractivity contribution in [3.05, 3.63) is 96.7 Å². The lowest BCUT2D eigenvalue weighted by Crippen LogP contribution is -2.13. The number of amides is 1. The van der Waals surface area contributed by atoms with E-state index in [1.54, 1.807) is 18.3 Å². The molecule has 0 spiro atoms. The summed E-state index contributed by atoms with van der Waals surface area (Å²) < 4.78 is 0. The molecule has 0 saturated heterocycles. The molecule has 0 aliphatic carbocycles. The fourth-order valence-electron chi connectivity index (χ4n) is 3.22. The van der Waals surface area contributed by atoms with Gasteiger partial charge in [0.1, 0.15) is 16.9 Å². The summed E-state index contributed by atoms with van der Waals surface area (Å²) in [6, 6.07) is 29.4. The molecule has 0 saturated carbocycles. The highest BCUT2D eigenvalue weighted by Gasteiger charge is 2.16. The van der Waals surface area contributed by atoms with Gasteiger partial charge in [-0.15, -0.1) is 11.8 Å². The van der Waals surface area contributed by atoms with Crippen LogP contribution in [0.5, 0.6) is 0 Å². The van der Waals surface area contributed by atoms with E-state index in [0.29, 0.717) is 22.2 Å². The Morgan fingerprint density at radius 2 is 1.62 bits per heavy atom. The number of hydrogen-bond donors (Lipinski definition) is 1. The van der Waals surface area contributed by atoms with Crippen molar-refractivity contribution in [3.8, 4) is 28.5 Å². The molecule has 2 aromatic carbocycles. The van der Waals surface area contributed by atoms with Crippen LogP contribution in [0.25, 0.3) is 22.4 Å². The first-order chi connectivity index (χ1) is 15.7. The van der Waals surface area contributed by atoms with Crippen LogP contribution in [0, 0.1) is 11.3 Å². The minimum atomic E-state index is -0.128. The summed E-state index contributed by atoms with van der Waals surface area (Å²) in [5.74, 6) is 0.889. The van der Waals surface area contributed by atoms with Gasteiger partial charge in [-0.3, -0.25) is 4.79 Å². The van der Waals surface area contributed by atoms with Crippen LogP contribution >= 0.6 is 11.8 Å². The molecular weight excluding hydrogens is 416 g/mol. The van der Waals surface area contributed by atoms with Gasteiger partial charge in [-0.25, -0.2) is 9.97 Å². The van der Waals surface area contributed by atoms with E-state index in [4.69, 9.17) is 4.98 Å². The Labute approximate surface area is 191 Å². The zero-order valence-corrected chi connectivity index (χ0v) is 18.0. The minimum Gasteiger partial charge on any atom is -0.311 e. The van der Waals surface area contributed by atoms with Crippen molar-refractivity contribution < 1.29 is 4.79 Å². The number of carbonyl (C=O) groups excluding carboxylic acids is 1. The summed E-state index contributed by atoms with van der Waals surface area (Å²) in [6.45, 7) is 0. The predicted octanol–water partition coefficient (Wildman–Crippen LogP) is 5.80. The highest BCUT2D eigenvalue weighted by molar-refractivity contribution is 7.99. The molecule has 1 amide bonds. The first kappa shape index (κ1) is 21.3. The van der Waals surface area contributed by atoms with Crippen LogP contribution in [0.3, 0.4) is 0 Å². The van der Waals surface area contributed by atoms with Crippen molar-refractivity contribution in [2.75, 3.05) is 11.1 Å². The van der Waals surface area contributed by atoms with Gasteiger partial charge in [-0.2, -0.15) is 5.26 Å². The third kappa shape index (κ3) is 5.20. The number of benzene rings is 2. The number of pyridine rings is 2. The third-order valence-electron chi connectivity index (χ3n) is 4.75. The molecule has 0 aliphatic rings. The number of aromatic nitrogens is 2. The number of carbonyl (C=O) groups is 1. The molecule has 4 aromatic rings. The maximum Gasteiger partial charge on any atom is 0.226 e. The summed E-state index contributed by atoms with van der Waals surface area (Å²) in [6.07, 6.45) is 1.91. The number of nitrogens with one attached hydrogen (secondary N) is 1. The Balaban J connectivity index is 1.60. The molecule has 2 aromatic heterocycles. The number of anilines is 1. The highest BCUT2D eigenvalue weighted by Crippen LogP contribution is 2.34. The quantitative estimate of drug-likeness (QED) is 0.370. The maximum absolute atomic E-state index is 12.3. The standard InChI is InChI=1S/C26H20N4OS/c27-18-22-21(19-9-3-1-4-10-19)17-23(20-11-5-2-6-12-20)29-26(22)32-16-14-25(31)30-24-13-7-8-15-28-24/h1-13,15,17H,14,16H2,(H,28,30,31). The van der Waals surface area contributed by atoms with Gasteiger partial charge in [0.05, 0.1) is 11.3 Å². The SMILES string of the molecule is N#Cc1c(-c2ccccc2)cc(-c2ccccc2)nc1SCCC(=O)Nc1ccccn1. The second-order valence-electron chi connectivity index (χ2n) is 6.94. The number of hydrogen-bond acceptors (Lipinski definition) is 5. The van der Waals surface area contributed by atoms with Gasteiger partial charge in [-0.05, 0) is 23.8 Å². The van der Waals surface area contributed by atoms with Gasteiger partial charge in [0.25, 0.3) is 0 Å². The topological polar surface area (TPSA) is 78.7 Å². The molecular formula is C26H20N4OS. The number of thioether (sulfide) groups is 1. The molecule has 32 heavy (non-hydrogen) atoms. The Bertz CT molecular complexity index is 1240. The lowest BCUT2D eigenvalue weighted by molar-refractivity contribution is -0.115. The molecule has 156 valence electrons. The number of rotatable bonds is 7. The van der Waals surface area contributed by atoms with Gasteiger partial charge in [-0.1, -0.05) is 66.7 Å². The Morgan fingerprint density at radius 1 is 0.938 bits per heavy atom. The average Bonchev–Trinajstić information content (AvgIpc) is 2.85. The van der Waals surface area contributed by atoms with Gasteiger partial charge >= 0.3 is 0 Å². The van der Waals surface area contributed by atoms with Crippen molar-refractivity contribution in [2.24, 2.45) is 0 Å². The number of nitrogens with zero attached hydrogens (tertiary/aromatic N) is 3. The fraction of sp³-hybridized carbons (Fsp3) is 0.0769. The van der Waals surface area contributed by atoms with Crippen LogP contribution in [0.1, 0.15) is 12.0 Å². The molecule has 0 radical (unpaired) electrons. The van der Waals surface area contributed by atoms with Crippen molar-refractivity contribution in [1.29, 1.82) is 5.26 Å². The summed E-state index contributed by atoms with van der Waals surface area (Å²) in [5, 5.41) is 13.3. The van der Waals surface area contributed by atoms with Crippen molar-refractivity contribution >= 4 is 23.5 Å². The first-order valence-electron chi connectivity index (χ1n) is 10.1. The molecule has 0 fully saturated rings. The van der Waals surface area contributed by atoms with E-state index in [0.717, 1.165) is 22.4 Å². The molecule has 0 atom stereocenters. The van der Waals surface area contributed by atoms with E-state index >= 15 is 0 Å². The van der Waals surface area contributed by atoms with Crippen molar-refractivity contribution in [3.63, 3.8) is 0 Å². The third-order valence-corrected chi connectivity index (χ3v) is 5.73. The molecule has 6 heteroatoms. The molecule has 0 aliphatic heterocycles. The van der Waals surface area contributed by atoms with Crippen LogP contribution in [-0.4, -0.2) is 21.6 Å². The van der Waals surface area contributed by atoms with Crippen LogP contribution in [0.4, 0.5) is 5.82 Å². The van der Waals surface area contributed by atoms with E-state index < -0.39 is 0 Å². The summed E-state index contributed by atoms with van der Waals surface area (Å²) in [7, 11) is 0. The van der Waals surface area contributed by atoms with Crippen molar-refractivity contribution in [2.45, 2.75) is 11.4 Å². The van der Waals surface area contributed by atoms with Gasteiger partial charge in [0.15, 0.2) is 0 Å². The second kappa shape index (κ2) is 10.4. The molecule has 1 N–H and O–H groups in total. The van der Waals surface area contributed by atoms with Crippen LogP contribution in [0.15, 0.2) is 96.2 Å². The molecule has 0 bridgehead atoms. The normalized spacial score (nSPS) is 10.3. The number of nitriles is 1. The Hall–Kier alpha value is -3.95. The fourth-order valence-corrected chi connectivity index (χ4v) is 4.16. The smallest absolute Gasteiger partial charge is 0.226 e. The highest BCUT2D eigenvalue weighted by atomic mass is 32.2. The van der Waals surface area contributed by atoms with E-state index in [1.807, 2.05) is 72.8 Å². The lowest BCUT2D eigenvalue weighted by Gasteiger charge is -2.12. The Kier molecular flexibility index (Phi) is 6.91. The average molecular weight is 437 g/mol. The molecule has 0 unspecified atom stereocenters. The van der Waals surface area contributed by atoms with Gasteiger partial charge < -0.3 is 5.32 Å². The zero-order chi connectivity index (χ0) is 22.2. The van der Waals surface area contributed by atoms with E-state index in [9.17, 15) is 10.1 Å². The predicted molar refractivity (Wildman–Crippen MR) is 128 cm³/mol. The summed E-state index contributed by atoms with van der Waals surface area (Å²) >= 11 is 1.41. The molecule has 2 heterocycles. The molecule has 5 nitrogen and oxygen atoms in total. The zero-order valence-electron chi connectivity index (χ0n) is 17.2. The van der Waals surface area contributed by atoms with Crippen LogP contribution in [0.2, 0.25) is 0 Å². The van der Waals surface area contributed by atoms with Crippen LogP contribution in [-0.2, 0) is 4.79 Å². The monoisotopic (exact) mass is 436 g/mol. The Morgan fingerprint density at radius 3 is 2.28 bits per heavy atom. The van der Waals surface area contributed by atoms with Gasteiger partial charge in [0, 0.05) is 29.5 Å². The van der Waals surface area contributed by atoms with Crippen LogP contribution < -0.4 is 5.32 Å². The second-order valence-corrected chi connectivity index (χ2v) is 8.02. The largest absolute Gasteiger partial charge is 0.311 e. The molecule has 4 rings (SSSR count). The van der Waals surface area contributed by atoms with E-state index in [-0.39, 0.29) is 12.3 Å². The van der Waals surface area contributed by atoms with E-state index in [2.05, 4.69) is 16.4 Å². The maximum atomic E-state index is 12.3. The first-order valence-corrected chi connectivity index (χ1v) is 11.1. The minimum absolute atomic E-state index is 0.128. The van der Waals surface area contributed by atoms with Gasteiger partial charge in [0.2, 0.25) is 5.91 Å². The lowest BCUT2D eigenvalue weighted by atomic mass is 9.99. The summed E-state index contributed by atoms with van der Waals surface area (Å²) in [5.41, 5.74) is 4.08.